The Bertz CT molecular complexity index is 1310. The Hall–Kier alpha value is -3.86. The summed E-state index contributed by atoms with van der Waals surface area (Å²) >= 11 is 0. The first-order chi connectivity index (χ1) is 14.8. The van der Waals surface area contributed by atoms with Crippen molar-refractivity contribution in [2.24, 2.45) is 0 Å². The Labute approximate surface area is 179 Å². The van der Waals surface area contributed by atoms with E-state index >= 15 is 0 Å². The molecule has 1 aliphatic rings. The van der Waals surface area contributed by atoms with E-state index in [2.05, 4.69) is 5.10 Å². The van der Waals surface area contributed by atoms with Crippen LogP contribution >= 0.6 is 0 Å². The maximum Gasteiger partial charge on any atom is 0.285 e. The zero-order chi connectivity index (χ0) is 22.3. The van der Waals surface area contributed by atoms with E-state index in [4.69, 9.17) is 9.47 Å². The zero-order valence-corrected chi connectivity index (χ0v) is 17.9. The highest BCUT2D eigenvalue weighted by Crippen LogP contribution is 2.33. The lowest BCUT2D eigenvalue weighted by molar-refractivity contribution is 0.0965. The first-order valence-electron chi connectivity index (χ1n) is 9.92. The Kier molecular flexibility index (Phi) is 5.11. The fourth-order valence-electron chi connectivity index (χ4n) is 3.85. The van der Waals surface area contributed by atoms with Crippen molar-refractivity contribution in [2.75, 3.05) is 13.2 Å². The zero-order valence-electron chi connectivity index (χ0n) is 17.9. The number of hydrogen-bond donors (Lipinski definition) is 0. The van der Waals surface area contributed by atoms with Gasteiger partial charge in [0, 0.05) is 28.7 Å². The van der Waals surface area contributed by atoms with Gasteiger partial charge in [-0.15, -0.1) is 0 Å². The number of carbonyl (C=O) groups is 1. The topological polar surface area (TPSA) is 99.1 Å². The molecule has 3 heterocycles. The molecule has 0 radical (unpaired) electrons. The number of aromatic nitrogens is 3. The van der Waals surface area contributed by atoms with Gasteiger partial charge in [0.2, 0.25) is 0 Å². The molecule has 0 bridgehead atoms. The number of nitrogens with zero attached hydrogens (tertiary/aromatic N) is 4. The average molecular weight is 418 g/mol. The predicted molar refractivity (Wildman–Crippen MR) is 113 cm³/mol. The van der Waals surface area contributed by atoms with Crippen molar-refractivity contribution in [3.8, 4) is 23.3 Å². The summed E-state index contributed by atoms with van der Waals surface area (Å²) in [5.74, 6) is 1.11. The van der Waals surface area contributed by atoms with Crippen molar-refractivity contribution in [1.82, 2.24) is 14.3 Å². The monoisotopic (exact) mass is 418 g/mol. The van der Waals surface area contributed by atoms with Crippen LogP contribution < -0.4 is 15.0 Å². The molecular formula is C23H22N4O4. The van der Waals surface area contributed by atoms with Crippen molar-refractivity contribution < 1.29 is 14.3 Å². The van der Waals surface area contributed by atoms with Crippen molar-refractivity contribution in [3.63, 3.8) is 0 Å². The van der Waals surface area contributed by atoms with Crippen molar-refractivity contribution >= 4 is 5.78 Å². The quantitative estimate of drug-likeness (QED) is 0.604. The number of carbonyl (C=O) groups excluding carboxylic acids is 1. The largest absolute Gasteiger partial charge is 0.486 e. The SMILES string of the molecule is Cc1nn(CC(=O)c2cc(C)n(-c3ccc4c(c3)OCCO4)c2C)c(=O)c(C#N)c1C. The van der Waals surface area contributed by atoms with E-state index in [0.717, 1.165) is 21.8 Å². The summed E-state index contributed by atoms with van der Waals surface area (Å²) in [6, 6.07) is 9.37. The number of Topliss-reactive ketones (excluding diaryl/α,β-unsaturated/α-hetero) is 1. The van der Waals surface area contributed by atoms with E-state index in [1.807, 2.05) is 42.7 Å². The summed E-state index contributed by atoms with van der Waals surface area (Å²) in [4.78, 5) is 25.6. The average Bonchev–Trinajstić information content (AvgIpc) is 3.06. The summed E-state index contributed by atoms with van der Waals surface area (Å²) in [5.41, 5.74) is 3.51. The lowest BCUT2D eigenvalue weighted by atomic mass is 10.1. The Morgan fingerprint density at radius 2 is 1.84 bits per heavy atom. The summed E-state index contributed by atoms with van der Waals surface area (Å²) in [6.07, 6.45) is 0. The standard InChI is InChI=1S/C23H22N4O4/c1-13-9-18(20(28)12-26-23(29)19(11-24)14(2)15(3)25-26)16(4)27(13)17-5-6-21-22(10-17)31-8-7-30-21/h5-6,9-10H,7-8,12H2,1-4H3. The lowest BCUT2D eigenvalue weighted by Gasteiger charge is -2.20. The summed E-state index contributed by atoms with van der Waals surface area (Å²) in [7, 11) is 0. The van der Waals surface area contributed by atoms with Crippen LogP contribution in [0.25, 0.3) is 5.69 Å². The molecule has 31 heavy (non-hydrogen) atoms. The molecule has 3 aromatic rings. The first kappa shape index (κ1) is 20.4. The second kappa shape index (κ2) is 7.76. The molecule has 1 aromatic carbocycles. The molecule has 0 amide bonds. The molecule has 0 saturated carbocycles. The third-order valence-electron chi connectivity index (χ3n) is 5.56. The minimum atomic E-state index is -0.556. The van der Waals surface area contributed by atoms with Gasteiger partial charge < -0.3 is 14.0 Å². The molecule has 0 unspecified atom stereocenters. The minimum Gasteiger partial charge on any atom is -0.486 e. The summed E-state index contributed by atoms with van der Waals surface area (Å²) in [6.45, 7) is 7.93. The maximum absolute atomic E-state index is 13.1. The van der Waals surface area contributed by atoms with Gasteiger partial charge in [-0.05, 0) is 51.5 Å². The van der Waals surface area contributed by atoms with Crippen LogP contribution in [0, 0.1) is 39.0 Å². The number of aryl methyl sites for hydroxylation is 2. The number of fused-ring (bicyclic) bond motifs is 1. The minimum absolute atomic E-state index is 0.0158. The third-order valence-corrected chi connectivity index (χ3v) is 5.56. The number of rotatable bonds is 4. The molecule has 1 aliphatic heterocycles. The van der Waals surface area contributed by atoms with Crippen molar-refractivity contribution in [3.05, 3.63) is 68.4 Å². The van der Waals surface area contributed by atoms with Crippen LogP contribution in [0.5, 0.6) is 11.5 Å². The second-order valence-electron chi connectivity index (χ2n) is 7.53. The molecule has 8 heteroatoms. The van der Waals surface area contributed by atoms with E-state index in [1.54, 1.807) is 19.9 Å². The highest BCUT2D eigenvalue weighted by Gasteiger charge is 2.21. The molecule has 8 nitrogen and oxygen atoms in total. The van der Waals surface area contributed by atoms with Gasteiger partial charge in [-0.2, -0.15) is 10.4 Å². The van der Waals surface area contributed by atoms with Crippen LogP contribution in [0.4, 0.5) is 0 Å². The molecule has 2 aromatic heterocycles. The Morgan fingerprint density at radius 1 is 1.13 bits per heavy atom. The molecule has 0 N–H and O–H groups in total. The fraction of sp³-hybridized carbons (Fsp3) is 0.304. The Balaban J connectivity index is 1.70. The number of ether oxygens (including phenoxy) is 2. The van der Waals surface area contributed by atoms with Gasteiger partial charge in [-0.25, -0.2) is 4.68 Å². The molecule has 0 fully saturated rings. The van der Waals surface area contributed by atoms with Gasteiger partial charge in [0.15, 0.2) is 17.3 Å². The maximum atomic E-state index is 13.1. The van der Waals surface area contributed by atoms with Gasteiger partial charge in [-0.3, -0.25) is 9.59 Å². The van der Waals surface area contributed by atoms with Crippen LogP contribution in [-0.2, 0) is 6.54 Å². The third kappa shape index (κ3) is 3.48. The Morgan fingerprint density at radius 3 is 2.55 bits per heavy atom. The van der Waals surface area contributed by atoms with E-state index in [1.165, 1.54) is 0 Å². The molecule has 0 spiro atoms. The van der Waals surface area contributed by atoms with Crippen molar-refractivity contribution in [2.45, 2.75) is 34.2 Å². The molecule has 0 aliphatic carbocycles. The summed E-state index contributed by atoms with van der Waals surface area (Å²) in [5, 5.41) is 13.5. The van der Waals surface area contributed by atoms with Crippen LogP contribution in [0.15, 0.2) is 29.1 Å². The second-order valence-corrected chi connectivity index (χ2v) is 7.53. The van der Waals surface area contributed by atoms with Gasteiger partial charge in [-0.1, -0.05) is 0 Å². The van der Waals surface area contributed by atoms with Crippen LogP contribution in [0.3, 0.4) is 0 Å². The lowest BCUT2D eigenvalue weighted by Crippen LogP contribution is -2.30. The van der Waals surface area contributed by atoms with Crippen LogP contribution in [-0.4, -0.2) is 33.3 Å². The smallest absolute Gasteiger partial charge is 0.285 e. The molecule has 4 rings (SSSR count). The van der Waals surface area contributed by atoms with Gasteiger partial charge in [0.1, 0.15) is 31.4 Å². The summed E-state index contributed by atoms with van der Waals surface area (Å²) < 4.78 is 14.3. The molecule has 158 valence electrons. The normalized spacial score (nSPS) is 12.5. The number of benzene rings is 1. The molecular weight excluding hydrogens is 396 g/mol. The van der Waals surface area contributed by atoms with Crippen molar-refractivity contribution in [1.29, 1.82) is 5.26 Å². The van der Waals surface area contributed by atoms with Crippen LogP contribution in [0.2, 0.25) is 0 Å². The van der Waals surface area contributed by atoms with Gasteiger partial charge in [0.25, 0.3) is 5.56 Å². The fourth-order valence-corrected chi connectivity index (χ4v) is 3.85. The number of hydrogen-bond acceptors (Lipinski definition) is 6. The van der Waals surface area contributed by atoms with E-state index in [-0.39, 0.29) is 17.9 Å². The van der Waals surface area contributed by atoms with Gasteiger partial charge >= 0.3 is 0 Å². The molecule has 0 saturated heterocycles. The van der Waals surface area contributed by atoms with E-state index in [9.17, 15) is 14.9 Å². The predicted octanol–water partition coefficient (Wildman–Crippen LogP) is 2.79. The van der Waals surface area contributed by atoms with Crippen LogP contribution in [0.1, 0.15) is 38.6 Å². The first-order valence-corrected chi connectivity index (χ1v) is 9.92. The highest BCUT2D eigenvalue weighted by molar-refractivity contribution is 5.97. The number of nitriles is 1. The number of ketones is 1. The molecule has 0 atom stereocenters. The van der Waals surface area contributed by atoms with Gasteiger partial charge in [0.05, 0.1) is 5.69 Å². The highest BCUT2D eigenvalue weighted by atomic mass is 16.6. The van der Waals surface area contributed by atoms with E-state index < -0.39 is 5.56 Å². The van der Waals surface area contributed by atoms with E-state index in [0.29, 0.717) is 41.5 Å².